The van der Waals surface area contributed by atoms with Gasteiger partial charge < -0.3 is 15.7 Å². The van der Waals surface area contributed by atoms with Gasteiger partial charge in [-0.25, -0.2) is 8.78 Å². The highest BCUT2D eigenvalue weighted by Gasteiger charge is 2.24. The van der Waals surface area contributed by atoms with Crippen molar-refractivity contribution >= 4 is 27.3 Å². The lowest BCUT2D eigenvalue weighted by Gasteiger charge is -2.25. The molecule has 4 nitrogen and oxygen atoms in total. The SMILES string of the molecule is CCc1cccc(CNC[C@@H](O)[C@H](Cc2cc(F)cc(F)c2)NC(=O)c2csc3ccccc23)c1. The highest BCUT2D eigenvalue weighted by Crippen LogP contribution is 2.25. The van der Waals surface area contributed by atoms with Crippen molar-refractivity contribution in [2.24, 2.45) is 0 Å². The first kappa shape index (κ1) is 25.0. The molecular weight excluding hydrogens is 466 g/mol. The van der Waals surface area contributed by atoms with Crippen molar-refractivity contribution in [1.82, 2.24) is 10.6 Å². The first-order valence-corrected chi connectivity index (χ1v) is 12.5. The Labute approximate surface area is 207 Å². The maximum Gasteiger partial charge on any atom is 0.253 e. The molecule has 1 aromatic heterocycles. The van der Waals surface area contributed by atoms with Crippen LogP contribution in [-0.4, -0.2) is 29.7 Å². The number of hydrogen-bond donors (Lipinski definition) is 3. The van der Waals surface area contributed by atoms with E-state index in [4.69, 9.17) is 0 Å². The molecule has 0 aliphatic rings. The Morgan fingerprint density at radius 3 is 2.49 bits per heavy atom. The van der Waals surface area contributed by atoms with Crippen molar-refractivity contribution in [1.29, 1.82) is 0 Å². The maximum absolute atomic E-state index is 13.8. The minimum Gasteiger partial charge on any atom is -0.390 e. The molecule has 35 heavy (non-hydrogen) atoms. The van der Waals surface area contributed by atoms with Crippen LogP contribution in [0.15, 0.2) is 72.1 Å². The monoisotopic (exact) mass is 494 g/mol. The number of aryl methyl sites for hydroxylation is 1. The molecule has 0 spiro atoms. The summed E-state index contributed by atoms with van der Waals surface area (Å²) in [6.45, 7) is 2.84. The number of carbonyl (C=O) groups excluding carboxylic acids is 1. The van der Waals surface area contributed by atoms with Crippen molar-refractivity contribution in [3.8, 4) is 0 Å². The van der Waals surface area contributed by atoms with Crippen LogP contribution in [-0.2, 0) is 19.4 Å². The van der Waals surface area contributed by atoms with Crippen molar-refractivity contribution in [2.45, 2.75) is 38.5 Å². The Morgan fingerprint density at radius 1 is 0.971 bits per heavy atom. The number of hydrogen-bond acceptors (Lipinski definition) is 4. The van der Waals surface area contributed by atoms with Gasteiger partial charge in [0.25, 0.3) is 5.91 Å². The van der Waals surface area contributed by atoms with E-state index in [1.165, 1.54) is 29.0 Å². The molecule has 4 rings (SSSR count). The Bertz CT molecular complexity index is 1290. The summed E-state index contributed by atoms with van der Waals surface area (Å²) < 4.78 is 28.6. The summed E-state index contributed by atoms with van der Waals surface area (Å²) in [6, 6.07) is 18.3. The molecule has 0 saturated carbocycles. The summed E-state index contributed by atoms with van der Waals surface area (Å²) in [4.78, 5) is 13.1. The average Bonchev–Trinajstić information content (AvgIpc) is 3.27. The van der Waals surface area contributed by atoms with E-state index in [1.54, 1.807) is 5.38 Å². The van der Waals surface area contributed by atoms with Crippen LogP contribution in [0.3, 0.4) is 0 Å². The van der Waals surface area contributed by atoms with E-state index in [2.05, 4.69) is 29.7 Å². The van der Waals surface area contributed by atoms with Gasteiger partial charge in [0.15, 0.2) is 0 Å². The summed E-state index contributed by atoms with van der Waals surface area (Å²) in [7, 11) is 0. The summed E-state index contributed by atoms with van der Waals surface area (Å²) in [5.74, 6) is -1.73. The van der Waals surface area contributed by atoms with Crippen LogP contribution >= 0.6 is 11.3 Å². The van der Waals surface area contributed by atoms with E-state index in [9.17, 15) is 18.7 Å². The topological polar surface area (TPSA) is 61.4 Å². The van der Waals surface area contributed by atoms with E-state index in [-0.39, 0.29) is 18.9 Å². The zero-order valence-electron chi connectivity index (χ0n) is 19.4. The zero-order chi connectivity index (χ0) is 24.8. The molecule has 0 saturated heterocycles. The molecule has 0 fully saturated rings. The van der Waals surface area contributed by atoms with E-state index in [1.807, 2.05) is 36.4 Å². The van der Waals surface area contributed by atoms with Crippen LogP contribution < -0.4 is 10.6 Å². The second-order valence-electron chi connectivity index (χ2n) is 8.58. The number of thiophene rings is 1. The first-order valence-electron chi connectivity index (χ1n) is 11.6. The van der Waals surface area contributed by atoms with E-state index in [0.717, 1.165) is 28.1 Å². The Hall–Kier alpha value is -3.13. The zero-order valence-corrected chi connectivity index (χ0v) is 20.2. The van der Waals surface area contributed by atoms with Crippen LogP contribution in [0.2, 0.25) is 0 Å². The predicted molar refractivity (Wildman–Crippen MR) is 137 cm³/mol. The molecule has 7 heteroatoms. The summed E-state index contributed by atoms with van der Waals surface area (Å²) >= 11 is 1.47. The lowest BCUT2D eigenvalue weighted by atomic mass is 10.00. The van der Waals surface area contributed by atoms with Crippen molar-refractivity contribution in [3.05, 3.63) is 106 Å². The number of aliphatic hydroxyl groups is 1. The Morgan fingerprint density at radius 2 is 1.71 bits per heavy atom. The number of rotatable bonds is 10. The second kappa shape index (κ2) is 11.5. The number of benzene rings is 3. The first-order chi connectivity index (χ1) is 16.9. The van der Waals surface area contributed by atoms with Crippen molar-refractivity contribution in [2.75, 3.05) is 6.54 Å². The molecule has 0 radical (unpaired) electrons. The molecule has 0 aliphatic heterocycles. The molecule has 4 aromatic rings. The number of fused-ring (bicyclic) bond motifs is 1. The van der Waals surface area contributed by atoms with Crippen LogP contribution in [0.1, 0.15) is 34.0 Å². The van der Waals surface area contributed by atoms with E-state index in [0.29, 0.717) is 17.7 Å². The summed E-state index contributed by atoms with van der Waals surface area (Å²) in [5.41, 5.74) is 3.19. The normalized spacial score (nSPS) is 13.0. The van der Waals surface area contributed by atoms with Gasteiger partial charge in [-0.15, -0.1) is 11.3 Å². The minimum absolute atomic E-state index is 0.0800. The molecule has 1 amide bonds. The quantitative estimate of drug-likeness (QED) is 0.283. The van der Waals surface area contributed by atoms with Gasteiger partial charge in [0.05, 0.1) is 17.7 Å². The molecule has 1 heterocycles. The second-order valence-corrected chi connectivity index (χ2v) is 9.49. The Kier molecular flexibility index (Phi) is 8.23. The van der Waals surface area contributed by atoms with Gasteiger partial charge in [-0.3, -0.25) is 4.79 Å². The van der Waals surface area contributed by atoms with Gasteiger partial charge in [0, 0.05) is 34.6 Å². The third-order valence-corrected chi connectivity index (χ3v) is 6.93. The maximum atomic E-state index is 13.8. The van der Waals surface area contributed by atoms with Gasteiger partial charge >= 0.3 is 0 Å². The molecule has 3 aromatic carbocycles. The third kappa shape index (κ3) is 6.51. The number of amides is 1. The van der Waals surface area contributed by atoms with E-state index < -0.39 is 23.8 Å². The number of aliphatic hydroxyl groups excluding tert-OH is 1. The highest BCUT2D eigenvalue weighted by atomic mass is 32.1. The Balaban J connectivity index is 1.49. The lowest BCUT2D eigenvalue weighted by molar-refractivity contribution is 0.0831. The van der Waals surface area contributed by atoms with Crippen LogP contribution in [0.5, 0.6) is 0 Å². The largest absolute Gasteiger partial charge is 0.390 e. The summed E-state index contributed by atoms with van der Waals surface area (Å²) in [5, 5.41) is 19.7. The van der Waals surface area contributed by atoms with Crippen LogP contribution in [0, 0.1) is 11.6 Å². The molecule has 2 atom stereocenters. The molecule has 3 N–H and O–H groups in total. The van der Waals surface area contributed by atoms with Crippen molar-refractivity contribution in [3.63, 3.8) is 0 Å². The molecule has 0 unspecified atom stereocenters. The fraction of sp³-hybridized carbons (Fsp3) is 0.250. The van der Waals surface area contributed by atoms with Gasteiger partial charge in [-0.1, -0.05) is 49.4 Å². The van der Waals surface area contributed by atoms with Gasteiger partial charge in [0.2, 0.25) is 0 Å². The highest BCUT2D eigenvalue weighted by molar-refractivity contribution is 7.17. The van der Waals surface area contributed by atoms with Gasteiger partial charge in [-0.05, 0) is 47.7 Å². The number of halogens is 2. The minimum atomic E-state index is -0.982. The molecule has 0 bridgehead atoms. The van der Waals surface area contributed by atoms with Gasteiger partial charge in [-0.2, -0.15) is 0 Å². The smallest absolute Gasteiger partial charge is 0.253 e. The fourth-order valence-corrected chi connectivity index (χ4v) is 5.07. The van der Waals surface area contributed by atoms with E-state index >= 15 is 0 Å². The molecule has 182 valence electrons. The summed E-state index contributed by atoms with van der Waals surface area (Å²) in [6.07, 6.45) is 0.0346. The lowest BCUT2D eigenvalue weighted by Crippen LogP contribution is -2.48. The van der Waals surface area contributed by atoms with Crippen LogP contribution in [0.25, 0.3) is 10.1 Å². The fourth-order valence-electron chi connectivity index (χ4n) is 4.13. The number of carbonyl (C=O) groups is 1. The molecular formula is C28H28F2N2O2S. The number of nitrogens with one attached hydrogen (secondary N) is 2. The average molecular weight is 495 g/mol. The van der Waals surface area contributed by atoms with Gasteiger partial charge in [0.1, 0.15) is 11.6 Å². The third-order valence-electron chi connectivity index (χ3n) is 5.97. The predicted octanol–water partition coefficient (Wildman–Crippen LogP) is 5.23. The van der Waals surface area contributed by atoms with Crippen molar-refractivity contribution < 1.29 is 18.7 Å². The molecule has 0 aliphatic carbocycles. The van der Waals surface area contributed by atoms with Crippen LogP contribution in [0.4, 0.5) is 8.78 Å². The standard InChI is InChI=1S/C28H28F2N2O2S/c1-2-18-6-5-7-19(10-18)15-31-16-26(33)25(13-20-11-21(29)14-22(30)12-20)32-28(34)24-17-35-27-9-4-3-8-23(24)27/h3-12,14,17,25-26,31,33H,2,13,15-16H2,1H3,(H,32,34)/t25-,26+/m0/s1.